The maximum absolute atomic E-state index is 5.39. The van der Waals surface area contributed by atoms with Crippen LogP contribution in [0.3, 0.4) is 0 Å². The van der Waals surface area contributed by atoms with Crippen molar-refractivity contribution >= 4 is 17.2 Å². The van der Waals surface area contributed by atoms with Crippen LogP contribution in [0.2, 0.25) is 0 Å². The van der Waals surface area contributed by atoms with E-state index in [0.717, 1.165) is 19.6 Å². The summed E-state index contributed by atoms with van der Waals surface area (Å²) in [5.41, 5.74) is 5.31. The molecule has 1 aliphatic heterocycles. The van der Waals surface area contributed by atoms with Gasteiger partial charge in [-0.2, -0.15) is 0 Å². The largest absolute Gasteiger partial charge is 0.392 e. The van der Waals surface area contributed by atoms with Crippen LogP contribution in [0.25, 0.3) is 0 Å². The van der Waals surface area contributed by atoms with Crippen molar-refractivity contribution in [1.82, 2.24) is 5.32 Å². The van der Waals surface area contributed by atoms with Crippen LogP contribution in [0.15, 0.2) is 0 Å². The number of nitrogens with one attached hydrogen (secondary N) is 1. The van der Waals surface area contributed by atoms with E-state index >= 15 is 0 Å². The third-order valence-electron chi connectivity index (χ3n) is 1.70. The molecule has 0 amide bonds. The predicted molar refractivity (Wildman–Crippen MR) is 48.6 cm³/mol. The molecule has 3 nitrogen and oxygen atoms in total. The molecule has 0 radical (unpaired) electrons. The number of thiocarbonyl (C=S) groups is 1. The Hall–Kier alpha value is -0.190. The smallest absolute Gasteiger partial charge is 0.0867 e. The molecule has 1 saturated heterocycles. The summed E-state index contributed by atoms with van der Waals surface area (Å²) in [6, 6.07) is 0. The first-order valence-electron chi connectivity index (χ1n) is 3.89. The van der Waals surface area contributed by atoms with Gasteiger partial charge in [0.15, 0.2) is 0 Å². The van der Waals surface area contributed by atoms with Crippen molar-refractivity contribution in [3.8, 4) is 0 Å². The maximum atomic E-state index is 5.39. The Labute approximate surface area is 72.3 Å². The quantitative estimate of drug-likeness (QED) is 0.591. The lowest BCUT2D eigenvalue weighted by Gasteiger charge is -2.09. The van der Waals surface area contributed by atoms with Crippen LogP contribution < -0.4 is 11.1 Å². The van der Waals surface area contributed by atoms with E-state index in [1.807, 2.05) is 0 Å². The number of rotatable bonds is 4. The highest BCUT2D eigenvalue weighted by atomic mass is 32.1. The molecule has 1 aliphatic rings. The first kappa shape index (κ1) is 8.90. The highest BCUT2D eigenvalue weighted by molar-refractivity contribution is 7.80. The minimum absolute atomic E-state index is 0.379. The van der Waals surface area contributed by atoms with Gasteiger partial charge in [0.2, 0.25) is 0 Å². The van der Waals surface area contributed by atoms with Crippen LogP contribution in [0.1, 0.15) is 12.8 Å². The van der Waals surface area contributed by atoms with E-state index in [1.165, 1.54) is 6.42 Å². The van der Waals surface area contributed by atoms with Crippen molar-refractivity contribution in [3.05, 3.63) is 0 Å². The first-order valence-corrected chi connectivity index (χ1v) is 4.30. The maximum Gasteiger partial charge on any atom is 0.0867 e. The zero-order chi connectivity index (χ0) is 8.10. The molecule has 1 heterocycles. The average Bonchev–Trinajstić information content (AvgIpc) is 2.39. The molecule has 0 aliphatic carbocycles. The molecule has 1 fully saturated rings. The molecule has 0 spiro atoms. The number of nitrogens with two attached hydrogens (primary N) is 1. The van der Waals surface area contributed by atoms with Crippen LogP contribution in [-0.4, -0.2) is 30.8 Å². The Kier molecular flexibility index (Phi) is 3.76. The van der Waals surface area contributed by atoms with Crippen molar-refractivity contribution in [1.29, 1.82) is 0 Å². The molecule has 0 bridgehead atoms. The average molecular weight is 174 g/mol. The van der Waals surface area contributed by atoms with Crippen LogP contribution in [0, 0.1) is 0 Å². The predicted octanol–water partition coefficient (Wildman–Crippen LogP) is 0.0411. The second-order valence-corrected chi connectivity index (χ2v) is 3.26. The summed E-state index contributed by atoms with van der Waals surface area (Å²) < 4.78 is 5.39. The van der Waals surface area contributed by atoms with Crippen LogP contribution in [-0.2, 0) is 4.74 Å². The highest BCUT2D eigenvalue weighted by Crippen LogP contribution is 2.10. The number of hydrogen-bond donors (Lipinski definition) is 2. The number of ether oxygens (including phenoxy) is 1. The summed E-state index contributed by atoms with van der Waals surface area (Å²) >= 11 is 4.71. The topological polar surface area (TPSA) is 47.3 Å². The van der Waals surface area contributed by atoms with Gasteiger partial charge in [0, 0.05) is 19.7 Å². The first-order chi connectivity index (χ1) is 5.29. The lowest BCUT2D eigenvalue weighted by molar-refractivity contribution is 0.111. The van der Waals surface area contributed by atoms with Gasteiger partial charge < -0.3 is 15.8 Å². The summed E-state index contributed by atoms with van der Waals surface area (Å²) in [6.45, 7) is 2.39. The van der Waals surface area contributed by atoms with Gasteiger partial charge in [0.05, 0.1) is 11.1 Å². The third kappa shape index (κ3) is 3.65. The summed E-state index contributed by atoms with van der Waals surface area (Å²) in [5, 5.41) is 3.14. The summed E-state index contributed by atoms with van der Waals surface area (Å²) in [5.74, 6) is 0. The molecular weight excluding hydrogens is 160 g/mol. The molecule has 1 unspecified atom stereocenters. The molecule has 64 valence electrons. The fourth-order valence-corrected chi connectivity index (χ4v) is 1.26. The monoisotopic (exact) mass is 174 g/mol. The van der Waals surface area contributed by atoms with Crippen LogP contribution in [0.4, 0.5) is 0 Å². The molecular formula is C7H14N2OS. The molecule has 1 atom stereocenters. The van der Waals surface area contributed by atoms with Gasteiger partial charge in [-0.05, 0) is 12.8 Å². The van der Waals surface area contributed by atoms with Crippen molar-refractivity contribution in [3.63, 3.8) is 0 Å². The third-order valence-corrected chi connectivity index (χ3v) is 1.84. The molecule has 3 N–H and O–H groups in total. The van der Waals surface area contributed by atoms with Gasteiger partial charge in [-0.25, -0.2) is 0 Å². The minimum Gasteiger partial charge on any atom is -0.392 e. The summed E-state index contributed by atoms with van der Waals surface area (Å²) in [7, 11) is 0. The van der Waals surface area contributed by atoms with E-state index in [1.54, 1.807) is 0 Å². The van der Waals surface area contributed by atoms with E-state index in [0.29, 0.717) is 17.6 Å². The minimum atomic E-state index is 0.379. The molecule has 0 aromatic heterocycles. The molecule has 0 aromatic rings. The van der Waals surface area contributed by atoms with Gasteiger partial charge in [0.1, 0.15) is 0 Å². The van der Waals surface area contributed by atoms with Gasteiger partial charge in [-0.15, -0.1) is 0 Å². The van der Waals surface area contributed by atoms with Crippen LogP contribution >= 0.6 is 12.2 Å². The Morgan fingerprint density at radius 3 is 3.09 bits per heavy atom. The van der Waals surface area contributed by atoms with Gasteiger partial charge in [-0.1, -0.05) is 12.2 Å². The molecule has 1 rings (SSSR count). The molecule has 11 heavy (non-hydrogen) atoms. The van der Waals surface area contributed by atoms with E-state index in [2.05, 4.69) is 5.32 Å². The fourth-order valence-electron chi connectivity index (χ4n) is 1.16. The molecule has 4 heteroatoms. The molecule has 0 saturated carbocycles. The normalized spacial score (nSPS) is 23.8. The van der Waals surface area contributed by atoms with Gasteiger partial charge in [-0.3, -0.25) is 0 Å². The summed E-state index contributed by atoms with van der Waals surface area (Å²) in [4.78, 5) is 0.517. The van der Waals surface area contributed by atoms with E-state index in [-0.39, 0.29) is 0 Å². The zero-order valence-corrected chi connectivity index (χ0v) is 7.32. The lowest BCUT2D eigenvalue weighted by atomic mass is 10.2. The SMILES string of the molecule is NC(=S)CNCC1CCCO1. The Balaban J connectivity index is 1.98. The lowest BCUT2D eigenvalue weighted by Crippen LogP contribution is -2.33. The molecule has 0 aromatic carbocycles. The van der Waals surface area contributed by atoms with E-state index in [4.69, 9.17) is 22.7 Å². The fraction of sp³-hybridized carbons (Fsp3) is 0.857. The van der Waals surface area contributed by atoms with Crippen molar-refractivity contribution in [2.75, 3.05) is 19.7 Å². The standard InChI is InChI=1S/C7H14N2OS/c8-7(11)5-9-4-6-2-1-3-10-6/h6,9H,1-5H2,(H2,8,11). The number of hydrogen-bond acceptors (Lipinski definition) is 3. The van der Waals surface area contributed by atoms with Gasteiger partial charge in [0.25, 0.3) is 0 Å². The van der Waals surface area contributed by atoms with Crippen molar-refractivity contribution in [2.45, 2.75) is 18.9 Å². The Bertz CT molecular complexity index is 134. The zero-order valence-electron chi connectivity index (χ0n) is 6.51. The Morgan fingerprint density at radius 1 is 1.73 bits per heavy atom. The van der Waals surface area contributed by atoms with Crippen molar-refractivity contribution in [2.24, 2.45) is 5.73 Å². The van der Waals surface area contributed by atoms with Crippen LogP contribution in [0.5, 0.6) is 0 Å². The van der Waals surface area contributed by atoms with E-state index in [9.17, 15) is 0 Å². The van der Waals surface area contributed by atoms with E-state index < -0.39 is 0 Å². The van der Waals surface area contributed by atoms with Gasteiger partial charge >= 0.3 is 0 Å². The van der Waals surface area contributed by atoms with Crippen molar-refractivity contribution < 1.29 is 4.74 Å². The highest BCUT2D eigenvalue weighted by Gasteiger charge is 2.14. The Morgan fingerprint density at radius 2 is 2.55 bits per heavy atom. The second kappa shape index (κ2) is 4.64. The summed E-state index contributed by atoms with van der Waals surface area (Å²) in [6.07, 6.45) is 2.72. The second-order valence-electron chi connectivity index (χ2n) is 2.73.